The summed E-state index contributed by atoms with van der Waals surface area (Å²) in [6.07, 6.45) is -0.367. The summed E-state index contributed by atoms with van der Waals surface area (Å²) in [4.78, 5) is 37.1. The maximum Gasteiger partial charge on any atom is 0.353 e. The molecule has 0 heterocycles. The highest BCUT2D eigenvalue weighted by molar-refractivity contribution is 6.06. The van der Waals surface area contributed by atoms with E-state index in [4.69, 9.17) is 9.47 Å². The number of aryl methyl sites for hydroxylation is 1. The first kappa shape index (κ1) is 22.9. The number of ether oxygens (including phenoxy) is 2. The summed E-state index contributed by atoms with van der Waals surface area (Å²) in [6, 6.07) is 21.6. The second kappa shape index (κ2) is 10.0. The summed E-state index contributed by atoms with van der Waals surface area (Å²) in [6.45, 7) is 3.54. The van der Waals surface area contributed by atoms with Crippen molar-refractivity contribution in [2.45, 2.75) is 25.9 Å². The molecule has 0 saturated carbocycles. The van der Waals surface area contributed by atoms with Crippen LogP contribution in [-0.2, 0) is 19.9 Å². The number of carbonyl (C=O) groups is 3. The highest BCUT2D eigenvalue weighted by Crippen LogP contribution is 2.32. The molecule has 0 spiro atoms. The predicted octanol–water partition coefficient (Wildman–Crippen LogP) is 3.97. The van der Waals surface area contributed by atoms with Crippen molar-refractivity contribution in [1.82, 2.24) is 0 Å². The van der Waals surface area contributed by atoms with Crippen LogP contribution >= 0.6 is 0 Å². The number of Topliss-reactive ketones (excluding diaryl/α,β-unsaturated/α-hetero) is 1. The van der Waals surface area contributed by atoms with E-state index in [1.807, 2.05) is 0 Å². The molecule has 6 heteroatoms. The van der Waals surface area contributed by atoms with Gasteiger partial charge in [0.1, 0.15) is 12.2 Å². The molecular formula is C26H24O6. The van der Waals surface area contributed by atoms with Gasteiger partial charge in [-0.15, -0.1) is 0 Å². The molecule has 0 aliphatic carbocycles. The Morgan fingerprint density at radius 3 is 1.94 bits per heavy atom. The van der Waals surface area contributed by atoms with Crippen molar-refractivity contribution in [2.75, 3.05) is 6.61 Å². The van der Waals surface area contributed by atoms with Gasteiger partial charge in [0.15, 0.2) is 5.78 Å². The number of esters is 2. The Kier molecular flexibility index (Phi) is 7.18. The molecule has 0 atom stereocenters. The third kappa shape index (κ3) is 4.92. The van der Waals surface area contributed by atoms with Crippen LogP contribution in [0.4, 0.5) is 0 Å². The normalized spacial score (nSPS) is 11.0. The van der Waals surface area contributed by atoms with Crippen molar-refractivity contribution in [3.63, 3.8) is 0 Å². The minimum Gasteiger partial charge on any atom is -0.466 e. The SMILES string of the molecule is CCOC(=O)CC(=O)c1ccc(OC(=O)C(O)(c2ccccc2)c2ccccc2)c(C)c1. The largest absolute Gasteiger partial charge is 0.466 e. The third-order valence-corrected chi connectivity index (χ3v) is 4.99. The van der Waals surface area contributed by atoms with E-state index in [-0.39, 0.29) is 18.8 Å². The van der Waals surface area contributed by atoms with Gasteiger partial charge in [-0.3, -0.25) is 9.59 Å². The molecule has 1 N–H and O–H groups in total. The number of ketones is 1. The zero-order valence-corrected chi connectivity index (χ0v) is 17.9. The zero-order valence-electron chi connectivity index (χ0n) is 17.9. The van der Waals surface area contributed by atoms with E-state index in [0.717, 1.165) is 0 Å². The van der Waals surface area contributed by atoms with E-state index < -0.39 is 23.3 Å². The van der Waals surface area contributed by atoms with Gasteiger partial charge in [-0.05, 0) is 48.7 Å². The Hall–Kier alpha value is -3.77. The van der Waals surface area contributed by atoms with Crippen LogP contribution in [0, 0.1) is 6.92 Å². The number of carbonyl (C=O) groups excluding carboxylic acids is 3. The Morgan fingerprint density at radius 1 is 0.875 bits per heavy atom. The van der Waals surface area contributed by atoms with E-state index in [2.05, 4.69) is 0 Å². The van der Waals surface area contributed by atoms with Crippen molar-refractivity contribution in [3.05, 3.63) is 101 Å². The molecular weight excluding hydrogens is 408 g/mol. The molecule has 0 saturated heterocycles. The van der Waals surface area contributed by atoms with E-state index in [1.54, 1.807) is 74.5 Å². The molecule has 3 aromatic rings. The molecule has 0 aromatic heterocycles. The maximum atomic E-state index is 13.2. The first-order valence-electron chi connectivity index (χ1n) is 10.2. The molecule has 0 bridgehead atoms. The molecule has 0 unspecified atom stereocenters. The lowest BCUT2D eigenvalue weighted by Gasteiger charge is -2.27. The zero-order chi connectivity index (χ0) is 23.1. The number of aliphatic hydroxyl groups is 1. The van der Waals surface area contributed by atoms with Crippen molar-refractivity contribution in [1.29, 1.82) is 0 Å². The van der Waals surface area contributed by atoms with Gasteiger partial charge in [0, 0.05) is 5.56 Å². The maximum absolute atomic E-state index is 13.2. The van der Waals surface area contributed by atoms with Crippen molar-refractivity contribution >= 4 is 17.7 Å². The van der Waals surface area contributed by atoms with Gasteiger partial charge in [-0.25, -0.2) is 4.79 Å². The lowest BCUT2D eigenvalue weighted by Crippen LogP contribution is -2.40. The van der Waals surface area contributed by atoms with Crippen LogP contribution in [0.25, 0.3) is 0 Å². The van der Waals surface area contributed by atoms with Crippen molar-refractivity contribution in [3.8, 4) is 5.75 Å². The molecule has 0 aliphatic rings. The predicted molar refractivity (Wildman–Crippen MR) is 118 cm³/mol. The van der Waals surface area contributed by atoms with Gasteiger partial charge >= 0.3 is 11.9 Å². The highest BCUT2D eigenvalue weighted by Gasteiger charge is 2.42. The van der Waals surface area contributed by atoms with Crippen molar-refractivity contribution < 1.29 is 29.0 Å². The van der Waals surface area contributed by atoms with Gasteiger partial charge < -0.3 is 14.6 Å². The molecule has 0 amide bonds. The van der Waals surface area contributed by atoms with Gasteiger partial charge in [0.2, 0.25) is 5.60 Å². The van der Waals surface area contributed by atoms with Crippen LogP contribution in [0.5, 0.6) is 5.75 Å². The molecule has 3 rings (SSSR count). The Balaban J connectivity index is 1.87. The molecule has 164 valence electrons. The van der Waals surface area contributed by atoms with Crippen LogP contribution < -0.4 is 4.74 Å². The molecule has 0 fully saturated rings. The number of hydrogen-bond donors (Lipinski definition) is 1. The fourth-order valence-electron chi connectivity index (χ4n) is 3.32. The van der Waals surface area contributed by atoms with Gasteiger partial charge in [0.05, 0.1) is 6.61 Å². The number of benzene rings is 3. The van der Waals surface area contributed by atoms with E-state index >= 15 is 0 Å². The summed E-state index contributed by atoms with van der Waals surface area (Å²) in [7, 11) is 0. The summed E-state index contributed by atoms with van der Waals surface area (Å²) in [5.74, 6) is -1.66. The highest BCUT2D eigenvalue weighted by atomic mass is 16.6. The van der Waals surface area contributed by atoms with E-state index in [1.165, 1.54) is 18.2 Å². The lowest BCUT2D eigenvalue weighted by atomic mass is 9.86. The third-order valence-electron chi connectivity index (χ3n) is 4.99. The van der Waals surface area contributed by atoms with Crippen LogP contribution in [0.1, 0.15) is 40.4 Å². The number of rotatable bonds is 8. The van der Waals surface area contributed by atoms with Crippen LogP contribution in [0.2, 0.25) is 0 Å². The minimum atomic E-state index is -2.02. The van der Waals surface area contributed by atoms with Gasteiger partial charge in [-0.1, -0.05) is 60.7 Å². The minimum absolute atomic E-state index is 0.200. The topological polar surface area (TPSA) is 89.9 Å². The second-order valence-electron chi connectivity index (χ2n) is 7.22. The van der Waals surface area contributed by atoms with Gasteiger partial charge in [-0.2, -0.15) is 0 Å². The standard InChI is InChI=1S/C26H24O6/c1-3-31-24(28)17-22(27)19-14-15-23(18(2)16-19)32-25(29)26(30,20-10-6-4-7-11-20)21-12-8-5-9-13-21/h4-16,30H,3,17H2,1-2H3. The summed E-state index contributed by atoms with van der Waals surface area (Å²) in [5, 5.41) is 11.5. The summed E-state index contributed by atoms with van der Waals surface area (Å²) < 4.78 is 10.4. The van der Waals surface area contributed by atoms with E-state index in [0.29, 0.717) is 22.3 Å². The monoisotopic (exact) mass is 432 g/mol. The summed E-state index contributed by atoms with van der Waals surface area (Å²) in [5.41, 5.74) is -0.466. The van der Waals surface area contributed by atoms with Crippen LogP contribution in [-0.4, -0.2) is 29.4 Å². The van der Waals surface area contributed by atoms with Gasteiger partial charge in [0.25, 0.3) is 0 Å². The molecule has 6 nitrogen and oxygen atoms in total. The number of hydrogen-bond acceptors (Lipinski definition) is 6. The first-order valence-corrected chi connectivity index (χ1v) is 10.2. The van der Waals surface area contributed by atoms with E-state index in [9.17, 15) is 19.5 Å². The smallest absolute Gasteiger partial charge is 0.353 e. The Morgan fingerprint density at radius 2 is 1.44 bits per heavy atom. The van der Waals surface area contributed by atoms with Crippen molar-refractivity contribution in [2.24, 2.45) is 0 Å². The lowest BCUT2D eigenvalue weighted by molar-refractivity contribution is -0.152. The molecule has 3 aromatic carbocycles. The fraction of sp³-hybridized carbons (Fsp3) is 0.192. The second-order valence-corrected chi connectivity index (χ2v) is 7.22. The van der Waals surface area contributed by atoms with Crippen LogP contribution in [0.3, 0.4) is 0 Å². The fourth-order valence-corrected chi connectivity index (χ4v) is 3.32. The first-order chi connectivity index (χ1) is 15.4. The van der Waals surface area contributed by atoms with Crippen LogP contribution in [0.15, 0.2) is 78.9 Å². The molecule has 0 aliphatic heterocycles. The Bertz CT molecular complexity index is 1070. The quantitative estimate of drug-likeness (QED) is 0.251. The molecule has 32 heavy (non-hydrogen) atoms. The summed E-state index contributed by atoms with van der Waals surface area (Å²) >= 11 is 0. The average Bonchev–Trinajstić information content (AvgIpc) is 2.81. The average molecular weight is 432 g/mol. The Labute approximate surface area is 186 Å². The molecule has 0 radical (unpaired) electrons.